The summed E-state index contributed by atoms with van der Waals surface area (Å²) in [6, 6.07) is 4.10. The molecule has 0 aliphatic heterocycles. The summed E-state index contributed by atoms with van der Waals surface area (Å²) in [6.07, 6.45) is 2.14. The molecule has 0 saturated carbocycles. The summed E-state index contributed by atoms with van der Waals surface area (Å²) in [5.74, 6) is 1.90. The van der Waals surface area contributed by atoms with E-state index in [-0.39, 0.29) is 0 Å². The Morgan fingerprint density at radius 2 is 1.56 bits per heavy atom. The highest BCUT2D eigenvalue weighted by Gasteiger charge is 2.07. The minimum absolute atomic E-state index is 0.939. The SMILES string of the molecule is CC.CCCc1cc(OC)c(C)cc1OC. The molecule has 0 bridgehead atoms. The summed E-state index contributed by atoms with van der Waals surface area (Å²) in [5.41, 5.74) is 2.33. The third-order valence-electron chi connectivity index (χ3n) is 2.32. The largest absolute Gasteiger partial charge is 0.496 e. The summed E-state index contributed by atoms with van der Waals surface area (Å²) in [4.78, 5) is 0. The second-order valence-electron chi connectivity index (χ2n) is 3.38. The fourth-order valence-corrected chi connectivity index (χ4v) is 1.58. The van der Waals surface area contributed by atoms with Crippen LogP contribution in [0.4, 0.5) is 0 Å². The van der Waals surface area contributed by atoms with Crippen molar-refractivity contribution < 1.29 is 9.47 Å². The van der Waals surface area contributed by atoms with Crippen molar-refractivity contribution in [3.8, 4) is 11.5 Å². The van der Waals surface area contributed by atoms with Gasteiger partial charge in [-0.3, -0.25) is 0 Å². The summed E-state index contributed by atoms with van der Waals surface area (Å²) in [5, 5.41) is 0. The Kier molecular flexibility index (Phi) is 7.44. The lowest BCUT2D eigenvalue weighted by molar-refractivity contribution is 0.396. The van der Waals surface area contributed by atoms with Crippen molar-refractivity contribution in [1.82, 2.24) is 0 Å². The molecule has 0 amide bonds. The Morgan fingerprint density at radius 1 is 1.00 bits per heavy atom. The van der Waals surface area contributed by atoms with Crippen LogP contribution in [0.5, 0.6) is 11.5 Å². The summed E-state index contributed by atoms with van der Waals surface area (Å²) < 4.78 is 10.6. The Morgan fingerprint density at radius 3 is 2.00 bits per heavy atom. The molecule has 0 atom stereocenters. The average Bonchev–Trinajstić information content (AvgIpc) is 2.33. The molecule has 0 N–H and O–H groups in total. The van der Waals surface area contributed by atoms with Crippen LogP contribution in [0.2, 0.25) is 0 Å². The molecule has 1 rings (SSSR count). The van der Waals surface area contributed by atoms with Crippen molar-refractivity contribution in [2.24, 2.45) is 0 Å². The molecule has 0 spiro atoms. The molecule has 0 fully saturated rings. The number of hydrogen-bond acceptors (Lipinski definition) is 2. The zero-order chi connectivity index (χ0) is 12.6. The highest BCUT2D eigenvalue weighted by molar-refractivity contribution is 5.45. The average molecular weight is 224 g/mol. The number of ether oxygens (including phenoxy) is 2. The predicted molar refractivity (Wildman–Crippen MR) is 69.6 cm³/mol. The van der Waals surface area contributed by atoms with Crippen LogP contribution in [0.25, 0.3) is 0 Å². The Hall–Kier alpha value is -1.18. The first kappa shape index (κ1) is 14.8. The molecule has 0 unspecified atom stereocenters. The minimum Gasteiger partial charge on any atom is -0.496 e. The first-order chi connectivity index (χ1) is 7.72. The number of aryl methyl sites for hydroxylation is 2. The Labute approximate surface area is 99.6 Å². The fraction of sp³-hybridized carbons (Fsp3) is 0.571. The zero-order valence-corrected chi connectivity index (χ0v) is 11.4. The molecular weight excluding hydrogens is 200 g/mol. The van der Waals surface area contributed by atoms with Crippen LogP contribution in [0, 0.1) is 6.92 Å². The smallest absolute Gasteiger partial charge is 0.122 e. The van der Waals surface area contributed by atoms with E-state index in [0.717, 1.165) is 29.9 Å². The quantitative estimate of drug-likeness (QED) is 0.770. The molecule has 2 nitrogen and oxygen atoms in total. The number of hydrogen-bond donors (Lipinski definition) is 0. The first-order valence-corrected chi connectivity index (χ1v) is 5.94. The lowest BCUT2D eigenvalue weighted by Gasteiger charge is -2.12. The summed E-state index contributed by atoms with van der Waals surface area (Å²) >= 11 is 0. The molecule has 92 valence electrons. The van der Waals surface area contributed by atoms with Crippen molar-refractivity contribution in [2.75, 3.05) is 14.2 Å². The third kappa shape index (κ3) is 3.76. The van der Waals surface area contributed by atoms with E-state index in [0.29, 0.717) is 0 Å². The van der Waals surface area contributed by atoms with Crippen molar-refractivity contribution in [2.45, 2.75) is 40.5 Å². The van der Waals surface area contributed by atoms with Gasteiger partial charge in [0, 0.05) is 0 Å². The van der Waals surface area contributed by atoms with Crippen LogP contribution < -0.4 is 9.47 Å². The van der Waals surface area contributed by atoms with Gasteiger partial charge in [-0.25, -0.2) is 0 Å². The van der Waals surface area contributed by atoms with Gasteiger partial charge in [-0.15, -0.1) is 0 Å². The lowest BCUT2D eigenvalue weighted by atomic mass is 10.1. The van der Waals surface area contributed by atoms with E-state index in [1.807, 2.05) is 26.8 Å². The molecule has 16 heavy (non-hydrogen) atoms. The van der Waals surface area contributed by atoms with E-state index in [2.05, 4.69) is 13.0 Å². The maximum absolute atomic E-state index is 5.32. The van der Waals surface area contributed by atoms with Gasteiger partial charge in [0.25, 0.3) is 0 Å². The van der Waals surface area contributed by atoms with E-state index in [4.69, 9.17) is 9.47 Å². The van der Waals surface area contributed by atoms with Gasteiger partial charge in [-0.1, -0.05) is 27.2 Å². The third-order valence-corrected chi connectivity index (χ3v) is 2.32. The summed E-state index contributed by atoms with van der Waals surface area (Å²) in [6.45, 7) is 8.18. The second kappa shape index (κ2) is 8.03. The molecule has 0 radical (unpaired) electrons. The van der Waals surface area contributed by atoms with Crippen molar-refractivity contribution in [1.29, 1.82) is 0 Å². The summed E-state index contributed by atoms with van der Waals surface area (Å²) in [7, 11) is 3.41. The highest BCUT2D eigenvalue weighted by atomic mass is 16.5. The molecule has 0 saturated heterocycles. The molecule has 1 aromatic carbocycles. The molecule has 1 aromatic rings. The molecule has 0 aliphatic rings. The van der Waals surface area contributed by atoms with Crippen molar-refractivity contribution in [3.05, 3.63) is 23.3 Å². The van der Waals surface area contributed by atoms with Crippen LogP contribution >= 0.6 is 0 Å². The van der Waals surface area contributed by atoms with E-state index in [1.165, 1.54) is 5.56 Å². The lowest BCUT2D eigenvalue weighted by Crippen LogP contribution is -1.95. The monoisotopic (exact) mass is 224 g/mol. The van der Waals surface area contributed by atoms with Crippen molar-refractivity contribution >= 4 is 0 Å². The van der Waals surface area contributed by atoms with E-state index >= 15 is 0 Å². The first-order valence-electron chi connectivity index (χ1n) is 5.94. The van der Waals surface area contributed by atoms with Gasteiger partial charge in [0.2, 0.25) is 0 Å². The Bertz CT molecular complexity index is 306. The van der Waals surface area contributed by atoms with Crippen LogP contribution in [0.3, 0.4) is 0 Å². The van der Waals surface area contributed by atoms with Gasteiger partial charge < -0.3 is 9.47 Å². The molecule has 0 aromatic heterocycles. The number of rotatable bonds is 4. The fourth-order valence-electron chi connectivity index (χ4n) is 1.58. The standard InChI is InChI=1S/C12H18O2.C2H6/c1-5-6-10-8-11(13-3)9(2)7-12(10)14-4;1-2/h7-8H,5-6H2,1-4H3;1-2H3. The van der Waals surface area contributed by atoms with Gasteiger partial charge in [-0.2, -0.15) is 0 Å². The van der Waals surface area contributed by atoms with Crippen LogP contribution in [0.15, 0.2) is 12.1 Å². The van der Waals surface area contributed by atoms with Gasteiger partial charge in [0.15, 0.2) is 0 Å². The zero-order valence-electron chi connectivity index (χ0n) is 11.4. The van der Waals surface area contributed by atoms with Crippen LogP contribution in [-0.4, -0.2) is 14.2 Å². The maximum atomic E-state index is 5.32. The molecule has 2 heteroatoms. The Balaban J connectivity index is 0.00000106. The van der Waals surface area contributed by atoms with Crippen molar-refractivity contribution in [3.63, 3.8) is 0 Å². The molecule has 0 heterocycles. The maximum Gasteiger partial charge on any atom is 0.122 e. The van der Waals surface area contributed by atoms with Gasteiger partial charge in [-0.05, 0) is 36.6 Å². The topological polar surface area (TPSA) is 18.5 Å². The normalized spacial score (nSPS) is 9.12. The second-order valence-corrected chi connectivity index (χ2v) is 3.38. The predicted octanol–water partition coefficient (Wildman–Crippen LogP) is 3.99. The molecule has 0 aliphatic carbocycles. The van der Waals surface area contributed by atoms with E-state index < -0.39 is 0 Å². The molecular formula is C14H24O2. The van der Waals surface area contributed by atoms with E-state index in [9.17, 15) is 0 Å². The van der Waals surface area contributed by atoms with Crippen LogP contribution in [0.1, 0.15) is 38.3 Å². The van der Waals surface area contributed by atoms with Gasteiger partial charge in [0.05, 0.1) is 14.2 Å². The minimum atomic E-state index is 0.939. The van der Waals surface area contributed by atoms with Gasteiger partial charge in [0.1, 0.15) is 11.5 Å². The number of methoxy groups -OCH3 is 2. The van der Waals surface area contributed by atoms with E-state index in [1.54, 1.807) is 14.2 Å². The number of benzene rings is 1. The highest BCUT2D eigenvalue weighted by Crippen LogP contribution is 2.28. The van der Waals surface area contributed by atoms with Crippen LogP contribution in [-0.2, 0) is 6.42 Å². The van der Waals surface area contributed by atoms with Gasteiger partial charge >= 0.3 is 0 Å².